The van der Waals surface area contributed by atoms with Gasteiger partial charge in [0.15, 0.2) is 0 Å². The van der Waals surface area contributed by atoms with Crippen molar-refractivity contribution in [1.29, 1.82) is 0 Å². The highest BCUT2D eigenvalue weighted by Crippen LogP contribution is 2.28. The van der Waals surface area contributed by atoms with Crippen LogP contribution < -0.4 is 10.1 Å². The second kappa shape index (κ2) is 5.22. The molecule has 1 heterocycles. The Kier molecular flexibility index (Phi) is 3.66. The molecule has 0 fully saturated rings. The van der Waals surface area contributed by atoms with Gasteiger partial charge in [0, 0.05) is 6.07 Å². The van der Waals surface area contributed by atoms with Gasteiger partial charge in [0.1, 0.15) is 16.9 Å². The third-order valence-electron chi connectivity index (χ3n) is 2.19. The van der Waals surface area contributed by atoms with Crippen LogP contribution in [0.4, 0.5) is 16.1 Å². The number of nitrogens with one attached hydrogen (secondary N) is 1. The molecule has 0 radical (unpaired) electrons. The van der Waals surface area contributed by atoms with Crippen LogP contribution in [0.25, 0.3) is 0 Å². The van der Waals surface area contributed by atoms with E-state index in [0.29, 0.717) is 17.3 Å². The Bertz CT molecular complexity index is 545. The number of anilines is 2. The highest BCUT2D eigenvalue weighted by atomic mass is 35.5. The van der Waals surface area contributed by atoms with Gasteiger partial charge < -0.3 is 14.5 Å². The number of ether oxygens (including phenoxy) is 1. The van der Waals surface area contributed by atoms with Crippen LogP contribution in [0.2, 0.25) is 0 Å². The molecule has 0 amide bonds. The van der Waals surface area contributed by atoms with E-state index in [9.17, 15) is 4.39 Å². The molecule has 0 aliphatic heterocycles. The van der Waals surface area contributed by atoms with Crippen molar-refractivity contribution in [2.24, 2.45) is 0 Å². The highest BCUT2D eigenvalue weighted by molar-refractivity contribution is 6.20. The van der Waals surface area contributed by atoms with Gasteiger partial charge in [0.25, 0.3) is 0 Å². The summed E-state index contributed by atoms with van der Waals surface area (Å²) in [5.41, 5.74) is 0.524. The number of aromatic nitrogens is 2. The van der Waals surface area contributed by atoms with Crippen molar-refractivity contribution in [3.63, 3.8) is 0 Å². The number of nitrogens with zero attached hydrogens (tertiary/aromatic N) is 2. The van der Waals surface area contributed by atoms with Gasteiger partial charge in [-0.2, -0.15) is 0 Å². The number of halogens is 2. The summed E-state index contributed by atoms with van der Waals surface area (Å²) in [5, 5.41) is 9.99. The first-order valence-corrected chi connectivity index (χ1v) is 5.62. The van der Waals surface area contributed by atoms with E-state index in [1.54, 1.807) is 6.92 Å². The molecule has 0 aliphatic rings. The zero-order valence-electron chi connectivity index (χ0n) is 9.78. The Morgan fingerprint density at radius 3 is 2.83 bits per heavy atom. The first-order chi connectivity index (χ1) is 8.60. The Hall–Kier alpha value is -1.82. The number of benzene rings is 1. The fourth-order valence-corrected chi connectivity index (χ4v) is 1.42. The molecule has 7 heteroatoms. The molecule has 2 aromatic rings. The molecule has 96 valence electrons. The van der Waals surface area contributed by atoms with E-state index in [4.69, 9.17) is 20.8 Å². The van der Waals surface area contributed by atoms with E-state index >= 15 is 0 Å². The molecule has 0 bridgehead atoms. The summed E-state index contributed by atoms with van der Waals surface area (Å²) in [6.07, 6.45) is 0. The highest BCUT2D eigenvalue weighted by Gasteiger charge is 2.13. The Morgan fingerprint density at radius 2 is 2.22 bits per heavy atom. The zero-order chi connectivity index (χ0) is 13.1. The average Bonchev–Trinajstić information content (AvgIpc) is 2.80. The summed E-state index contributed by atoms with van der Waals surface area (Å²) in [6.45, 7) is 1.72. The Labute approximate surface area is 108 Å². The van der Waals surface area contributed by atoms with Crippen molar-refractivity contribution < 1.29 is 13.5 Å². The van der Waals surface area contributed by atoms with Crippen molar-refractivity contribution in [1.82, 2.24) is 10.2 Å². The maximum atomic E-state index is 13.0. The van der Waals surface area contributed by atoms with Gasteiger partial charge in [-0.05, 0) is 19.1 Å². The maximum absolute atomic E-state index is 13.0. The lowest BCUT2D eigenvalue weighted by molar-refractivity contribution is 0.413. The fraction of sp³-hybridized carbons (Fsp3) is 0.273. The fourth-order valence-electron chi connectivity index (χ4n) is 1.33. The lowest BCUT2D eigenvalue weighted by Gasteiger charge is -2.07. The van der Waals surface area contributed by atoms with E-state index in [-0.39, 0.29) is 11.4 Å². The summed E-state index contributed by atoms with van der Waals surface area (Å²) in [7, 11) is 1.44. The van der Waals surface area contributed by atoms with Crippen LogP contribution in [-0.2, 0) is 0 Å². The molecular formula is C11H11ClFN3O2. The summed E-state index contributed by atoms with van der Waals surface area (Å²) < 4.78 is 23.3. The van der Waals surface area contributed by atoms with E-state index in [2.05, 4.69) is 15.5 Å². The van der Waals surface area contributed by atoms with Crippen molar-refractivity contribution in [2.75, 3.05) is 12.4 Å². The normalized spacial score (nSPS) is 12.2. The second-order valence-electron chi connectivity index (χ2n) is 3.53. The van der Waals surface area contributed by atoms with Gasteiger partial charge in [0.2, 0.25) is 5.89 Å². The first kappa shape index (κ1) is 12.6. The third kappa shape index (κ3) is 2.70. The van der Waals surface area contributed by atoms with Crippen LogP contribution in [0, 0.1) is 5.82 Å². The summed E-state index contributed by atoms with van der Waals surface area (Å²) in [4.78, 5) is 0. The van der Waals surface area contributed by atoms with Crippen molar-refractivity contribution >= 4 is 23.3 Å². The monoisotopic (exact) mass is 271 g/mol. The topological polar surface area (TPSA) is 60.2 Å². The second-order valence-corrected chi connectivity index (χ2v) is 4.19. The van der Waals surface area contributed by atoms with Crippen molar-refractivity contribution in [3.05, 3.63) is 29.9 Å². The summed E-state index contributed by atoms with van der Waals surface area (Å²) in [6, 6.07) is 4.24. The number of hydrogen-bond donors (Lipinski definition) is 1. The number of hydrogen-bond acceptors (Lipinski definition) is 5. The molecule has 0 aliphatic carbocycles. The molecule has 1 N–H and O–H groups in total. The van der Waals surface area contributed by atoms with Gasteiger partial charge in [0.05, 0.1) is 12.8 Å². The maximum Gasteiger partial charge on any atom is 0.320 e. The Balaban J connectivity index is 2.22. The minimum atomic E-state index is -0.391. The molecule has 0 saturated heterocycles. The molecule has 0 spiro atoms. The molecule has 1 aromatic heterocycles. The average molecular weight is 272 g/mol. The van der Waals surface area contributed by atoms with Gasteiger partial charge in [-0.25, -0.2) is 4.39 Å². The van der Waals surface area contributed by atoms with E-state index < -0.39 is 5.82 Å². The lowest BCUT2D eigenvalue weighted by atomic mass is 10.3. The van der Waals surface area contributed by atoms with Crippen LogP contribution in [0.5, 0.6) is 5.75 Å². The van der Waals surface area contributed by atoms with Gasteiger partial charge in [-0.3, -0.25) is 0 Å². The summed E-state index contributed by atoms with van der Waals surface area (Å²) >= 11 is 5.80. The molecule has 1 aromatic carbocycles. The molecule has 1 atom stereocenters. The number of methoxy groups -OCH3 is 1. The van der Waals surface area contributed by atoms with Crippen LogP contribution in [0.1, 0.15) is 18.2 Å². The van der Waals surface area contributed by atoms with Crippen molar-refractivity contribution in [3.8, 4) is 5.75 Å². The Morgan fingerprint density at radius 1 is 1.44 bits per heavy atom. The summed E-state index contributed by atoms with van der Waals surface area (Å²) in [5.74, 6) is 0.256. The van der Waals surface area contributed by atoms with Crippen LogP contribution in [0.3, 0.4) is 0 Å². The largest absolute Gasteiger partial charge is 0.494 e. The van der Waals surface area contributed by atoms with E-state index in [1.807, 2.05) is 0 Å². The van der Waals surface area contributed by atoms with Gasteiger partial charge >= 0.3 is 6.01 Å². The standard InChI is InChI=1S/C11H11ClFN3O2/c1-6(12)10-15-16-11(18-10)14-8-4-3-7(13)5-9(8)17-2/h3-6H,1-2H3,(H,14,16). The first-order valence-electron chi connectivity index (χ1n) is 5.18. The number of rotatable bonds is 4. The molecule has 1 unspecified atom stereocenters. The van der Waals surface area contributed by atoms with E-state index in [1.165, 1.54) is 25.3 Å². The van der Waals surface area contributed by atoms with Crippen LogP contribution >= 0.6 is 11.6 Å². The molecule has 5 nitrogen and oxygen atoms in total. The molecule has 0 saturated carbocycles. The van der Waals surface area contributed by atoms with E-state index in [0.717, 1.165) is 0 Å². The quantitative estimate of drug-likeness (QED) is 0.865. The zero-order valence-corrected chi connectivity index (χ0v) is 10.5. The van der Waals surface area contributed by atoms with Gasteiger partial charge in [-0.1, -0.05) is 5.10 Å². The molecular weight excluding hydrogens is 261 g/mol. The van der Waals surface area contributed by atoms with Crippen LogP contribution in [-0.4, -0.2) is 17.3 Å². The minimum absolute atomic E-state index is 0.169. The predicted octanol–water partition coefficient (Wildman–Crippen LogP) is 3.26. The van der Waals surface area contributed by atoms with Crippen molar-refractivity contribution in [2.45, 2.75) is 12.3 Å². The third-order valence-corrected chi connectivity index (χ3v) is 2.37. The SMILES string of the molecule is COc1cc(F)ccc1Nc1nnc(C(C)Cl)o1. The molecule has 2 rings (SSSR count). The predicted molar refractivity (Wildman–Crippen MR) is 64.8 cm³/mol. The van der Waals surface area contributed by atoms with Crippen LogP contribution in [0.15, 0.2) is 22.6 Å². The van der Waals surface area contributed by atoms with Gasteiger partial charge in [-0.15, -0.1) is 16.7 Å². The number of alkyl halides is 1. The lowest BCUT2D eigenvalue weighted by Crippen LogP contribution is -1.95. The minimum Gasteiger partial charge on any atom is -0.494 e. The smallest absolute Gasteiger partial charge is 0.320 e. The molecule has 18 heavy (non-hydrogen) atoms.